The van der Waals surface area contributed by atoms with Crippen LogP contribution in [0.3, 0.4) is 0 Å². The summed E-state index contributed by atoms with van der Waals surface area (Å²) in [4.78, 5) is 0. The van der Waals surface area contributed by atoms with Crippen molar-refractivity contribution in [3.63, 3.8) is 0 Å². The molecule has 0 saturated carbocycles. The molecular weight excluding hydrogens is 330 g/mol. The van der Waals surface area contributed by atoms with E-state index in [-0.39, 0.29) is 6.04 Å². The molecule has 4 heteroatoms. The lowest BCUT2D eigenvalue weighted by Gasteiger charge is -2.14. The van der Waals surface area contributed by atoms with Gasteiger partial charge >= 0.3 is 0 Å². The van der Waals surface area contributed by atoms with Gasteiger partial charge in [-0.1, -0.05) is 35.0 Å². The van der Waals surface area contributed by atoms with Crippen LogP contribution in [0.4, 0.5) is 0 Å². The first-order chi connectivity index (χ1) is 10.0. The fraction of sp³-hybridized carbons (Fsp3) is 0.294. The van der Waals surface area contributed by atoms with Crippen LogP contribution in [-0.4, -0.2) is 7.11 Å². The Balaban J connectivity index is 2.28. The lowest BCUT2D eigenvalue weighted by molar-refractivity contribution is 0.378. The molecule has 112 valence electrons. The Bertz CT molecular complexity index is 626. The van der Waals surface area contributed by atoms with Crippen LogP contribution >= 0.6 is 15.9 Å². The van der Waals surface area contributed by atoms with Crippen LogP contribution in [0.25, 0.3) is 0 Å². The summed E-state index contributed by atoms with van der Waals surface area (Å²) in [6.45, 7) is 4.06. The summed E-state index contributed by atoms with van der Waals surface area (Å²) in [6, 6.07) is 11.8. The van der Waals surface area contributed by atoms with Crippen molar-refractivity contribution in [2.24, 2.45) is 5.73 Å². The molecule has 0 heterocycles. The number of rotatable bonds is 5. The maximum atomic E-state index is 5.92. The minimum absolute atomic E-state index is 0.0215. The summed E-state index contributed by atoms with van der Waals surface area (Å²) in [7, 11) is 1.65. The van der Waals surface area contributed by atoms with Gasteiger partial charge in [-0.3, -0.25) is 0 Å². The van der Waals surface area contributed by atoms with E-state index in [0.29, 0.717) is 5.75 Å². The first-order valence-electron chi connectivity index (χ1n) is 6.95. The van der Waals surface area contributed by atoms with E-state index in [1.165, 1.54) is 5.56 Å². The first-order valence-corrected chi connectivity index (χ1v) is 7.74. The smallest absolute Gasteiger partial charge is 0.169 e. The van der Waals surface area contributed by atoms with Gasteiger partial charge in [-0.2, -0.15) is 0 Å². The lowest BCUT2D eigenvalue weighted by Crippen LogP contribution is -2.05. The summed E-state index contributed by atoms with van der Waals surface area (Å²) < 4.78 is 12.3. The van der Waals surface area contributed by atoms with Crippen molar-refractivity contribution in [3.05, 3.63) is 52.0 Å². The van der Waals surface area contributed by atoms with E-state index in [0.717, 1.165) is 28.0 Å². The molecule has 0 fully saturated rings. The van der Waals surface area contributed by atoms with Crippen molar-refractivity contribution in [2.75, 3.05) is 7.11 Å². The van der Waals surface area contributed by atoms with Gasteiger partial charge in [0, 0.05) is 10.5 Å². The molecule has 2 aromatic carbocycles. The Hall–Kier alpha value is -1.52. The summed E-state index contributed by atoms with van der Waals surface area (Å²) in [5.41, 5.74) is 8.17. The Kier molecular flexibility index (Phi) is 5.26. The van der Waals surface area contributed by atoms with E-state index >= 15 is 0 Å². The molecule has 0 amide bonds. The summed E-state index contributed by atoms with van der Waals surface area (Å²) in [5, 5.41) is 0. The first kappa shape index (κ1) is 15.9. The molecule has 0 saturated heterocycles. The predicted molar refractivity (Wildman–Crippen MR) is 89.2 cm³/mol. The molecule has 0 aromatic heterocycles. The van der Waals surface area contributed by atoms with Gasteiger partial charge in [-0.25, -0.2) is 0 Å². The zero-order valence-electron chi connectivity index (χ0n) is 12.5. The Morgan fingerprint density at radius 3 is 2.48 bits per heavy atom. The number of nitrogens with two attached hydrogens (primary N) is 1. The SMILES string of the molecule is CCc1ccc(Oc2ccc([C@H](C)N)c(Br)c2)c(OC)c1. The third-order valence-corrected chi connectivity index (χ3v) is 4.01. The van der Waals surface area contributed by atoms with Crippen molar-refractivity contribution in [2.45, 2.75) is 26.3 Å². The van der Waals surface area contributed by atoms with E-state index in [1.807, 2.05) is 43.3 Å². The van der Waals surface area contributed by atoms with E-state index < -0.39 is 0 Å². The monoisotopic (exact) mass is 349 g/mol. The van der Waals surface area contributed by atoms with Crippen LogP contribution in [-0.2, 0) is 6.42 Å². The number of methoxy groups -OCH3 is 1. The molecule has 3 nitrogen and oxygen atoms in total. The minimum atomic E-state index is -0.0215. The molecule has 0 spiro atoms. The summed E-state index contributed by atoms with van der Waals surface area (Å²) >= 11 is 3.53. The molecule has 2 rings (SSSR count). The molecular formula is C17H20BrNO2. The molecule has 0 aliphatic carbocycles. The van der Waals surface area contributed by atoms with E-state index in [2.05, 4.69) is 22.9 Å². The third kappa shape index (κ3) is 3.77. The topological polar surface area (TPSA) is 44.5 Å². The van der Waals surface area contributed by atoms with Gasteiger partial charge in [0.15, 0.2) is 11.5 Å². The van der Waals surface area contributed by atoms with Crippen molar-refractivity contribution in [1.29, 1.82) is 0 Å². The van der Waals surface area contributed by atoms with Crippen LogP contribution in [0.15, 0.2) is 40.9 Å². The number of hydrogen-bond donors (Lipinski definition) is 1. The van der Waals surface area contributed by atoms with Gasteiger partial charge in [0.1, 0.15) is 5.75 Å². The standard InChI is InChI=1S/C17H20BrNO2/c1-4-12-5-8-16(17(9-12)20-3)21-13-6-7-14(11(2)19)15(18)10-13/h5-11H,4,19H2,1-3H3/t11-/m0/s1. The fourth-order valence-corrected chi connectivity index (χ4v) is 2.80. The zero-order chi connectivity index (χ0) is 15.4. The second kappa shape index (κ2) is 6.96. The second-order valence-electron chi connectivity index (χ2n) is 4.91. The number of benzene rings is 2. The number of aryl methyl sites for hydroxylation is 1. The Morgan fingerprint density at radius 1 is 1.14 bits per heavy atom. The third-order valence-electron chi connectivity index (χ3n) is 3.33. The maximum Gasteiger partial charge on any atom is 0.169 e. The van der Waals surface area contributed by atoms with E-state index in [4.69, 9.17) is 15.2 Å². The van der Waals surface area contributed by atoms with E-state index in [1.54, 1.807) is 7.11 Å². The molecule has 1 atom stereocenters. The molecule has 0 radical (unpaired) electrons. The fourth-order valence-electron chi connectivity index (χ4n) is 2.08. The average Bonchev–Trinajstić information content (AvgIpc) is 2.47. The highest BCUT2D eigenvalue weighted by molar-refractivity contribution is 9.10. The Labute approximate surface area is 134 Å². The molecule has 0 bridgehead atoms. The molecule has 2 aromatic rings. The molecule has 0 aliphatic heterocycles. The second-order valence-corrected chi connectivity index (χ2v) is 5.77. The highest BCUT2D eigenvalue weighted by Crippen LogP contribution is 2.34. The van der Waals surface area contributed by atoms with E-state index in [9.17, 15) is 0 Å². The highest BCUT2D eigenvalue weighted by atomic mass is 79.9. The molecule has 0 aliphatic rings. The summed E-state index contributed by atoms with van der Waals surface area (Å²) in [5.74, 6) is 2.19. The van der Waals surface area contributed by atoms with Crippen molar-refractivity contribution in [3.8, 4) is 17.2 Å². The predicted octanol–water partition coefficient (Wildman–Crippen LogP) is 4.83. The van der Waals surface area contributed by atoms with Crippen LogP contribution < -0.4 is 15.2 Å². The van der Waals surface area contributed by atoms with Crippen molar-refractivity contribution < 1.29 is 9.47 Å². The number of halogens is 1. The average molecular weight is 350 g/mol. The van der Waals surface area contributed by atoms with Crippen LogP contribution in [0.1, 0.15) is 31.0 Å². The van der Waals surface area contributed by atoms with Gasteiger partial charge in [-0.15, -0.1) is 0 Å². The quantitative estimate of drug-likeness (QED) is 0.840. The largest absolute Gasteiger partial charge is 0.493 e. The van der Waals surface area contributed by atoms with Crippen molar-refractivity contribution in [1.82, 2.24) is 0 Å². The van der Waals surface area contributed by atoms with Crippen LogP contribution in [0.5, 0.6) is 17.2 Å². The molecule has 2 N–H and O–H groups in total. The normalized spacial score (nSPS) is 12.0. The highest BCUT2D eigenvalue weighted by Gasteiger charge is 2.10. The maximum absolute atomic E-state index is 5.92. The molecule has 0 unspecified atom stereocenters. The van der Waals surface area contributed by atoms with Gasteiger partial charge in [0.25, 0.3) is 0 Å². The zero-order valence-corrected chi connectivity index (χ0v) is 14.1. The minimum Gasteiger partial charge on any atom is -0.493 e. The van der Waals surface area contributed by atoms with Crippen LogP contribution in [0.2, 0.25) is 0 Å². The molecule has 21 heavy (non-hydrogen) atoms. The Morgan fingerprint density at radius 2 is 1.90 bits per heavy atom. The van der Waals surface area contributed by atoms with Crippen LogP contribution in [0, 0.1) is 0 Å². The number of ether oxygens (including phenoxy) is 2. The van der Waals surface area contributed by atoms with Crippen molar-refractivity contribution >= 4 is 15.9 Å². The van der Waals surface area contributed by atoms with Gasteiger partial charge in [0.05, 0.1) is 7.11 Å². The van der Waals surface area contributed by atoms with Gasteiger partial charge in [0.2, 0.25) is 0 Å². The number of hydrogen-bond acceptors (Lipinski definition) is 3. The summed E-state index contributed by atoms with van der Waals surface area (Å²) in [6.07, 6.45) is 0.964. The lowest BCUT2D eigenvalue weighted by atomic mass is 10.1. The van der Waals surface area contributed by atoms with Gasteiger partial charge < -0.3 is 15.2 Å². The van der Waals surface area contributed by atoms with Gasteiger partial charge in [-0.05, 0) is 48.7 Å².